The van der Waals surface area contributed by atoms with Crippen molar-refractivity contribution in [2.75, 3.05) is 0 Å². The van der Waals surface area contributed by atoms with E-state index in [9.17, 15) is 9.59 Å². The Bertz CT molecular complexity index is 348. The molecule has 0 radical (unpaired) electrons. The maximum absolute atomic E-state index is 11.5. The Morgan fingerprint density at radius 2 is 2.20 bits per heavy atom. The summed E-state index contributed by atoms with van der Waals surface area (Å²) in [6.07, 6.45) is 1.70. The Labute approximate surface area is 88.0 Å². The number of carbonyl (C=O) groups excluding carboxylic acids is 1. The molecule has 0 fully saturated rings. The number of ketones is 1. The van der Waals surface area contributed by atoms with E-state index in [2.05, 4.69) is 4.98 Å². The average Bonchev–Trinajstić information content (AvgIpc) is 2.26. The molecule has 0 saturated carbocycles. The molecule has 15 heavy (non-hydrogen) atoms. The SMILES string of the molecule is CCC(=O)C(CC(=O)O)c1ccccn1. The maximum Gasteiger partial charge on any atom is 0.304 e. The molecular weight excluding hydrogens is 194 g/mol. The second kappa shape index (κ2) is 5.24. The van der Waals surface area contributed by atoms with Gasteiger partial charge in [-0.25, -0.2) is 0 Å². The standard InChI is InChI=1S/C11H13NO3/c1-2-10(13)8(7-11(14)15)9-5-3-4-6-12-9/h3-6,8H,2,7H2,1H3,(H,14,15). The molecule has 0 spiro atoms. The first-order valence-corrected chi connectivity index (χ1v) is 4.80. The third kappa shape index (κ3) is 3.16. The van der Waals surface area contributed by atoms with Crippen LogP contribution < -0.4 is 0 Å². The Balaban J connectivity index is 2.91. The molecule has 1 aromatic heterocycles. The van der Waals surface area contributed by atoms with Crippen LogP contribution in [0.25, 0.3) is 0 Å². The number of rotatable bonds is 5. The number of nitrogens with zero attached hydrogens (tertiary/aromatic N) is 1. The lowest BCUT2D eigenvalue weighted by Crippen LogP contribution is -2.16. The number of aliphatic carboxylic acids is 1. The molecule has 1 rings (SSSR count). The minimum Gasteiger partial charge on any atom is -0.481 e. The Morgan fingerprint density at radius 1 is 1.47 bits per heavy atom. The topological polar surface area (TPSA) is 67.3 Å². The van der Waals surface area contributed by atoms with Crippen LogP contribution in [-0.2, 0) is 9.59 Å². The zero-order chi connectivity index (χ0) is 11.3. The molecule has 0 bridgehead atoms. The van der Waals surface area contributed by atoms with E-state index in [-0.39, 0.29) is 12.2 Å². The summed E-state index contributed by atoms with van der Waals surface area (Å²) in [4.78, 5) is 26.2. The van der Waals surface area contributed by atoms with Gasteiger partial charge in [0.1, 0.15) is 5.78 Å². The molecule has 0 amide bonds. The summed E-state index contributed by atoms with van der Waals surface area (Å²) in [5.74, 6) is -1.68. The number of aromatic nitrogens is 1. The summed E-state index contributed by atoms with van der Waals surface area (Å²) in [6.45, 7) is 1.72. The van der Waals surface area contributed by atoms with Gasteiger partial charge in [0.15, 0.2) is 0 Å². The van der Waals surface area contributed by atoms with Crippen LogP contribution in [0.4, 0.5) is 0 Å². The zero-order valence-electron chi connectivity index (χ0n) is 8.51. The van der Waals surface area contributed by atoms with Gasteiger partial charge in [-0.2, -0.15) is 0 Å². The Morgan fingerprint density at radius 3 is 2.67 bits per heavy atom. The van der Waals surface area contributed by atoms with Gasteiger partial charge in [0.05, 0.1) is 18.0 Å². The van der Waals surface area contributed by atoms with E-state index in [1.165, 1.54) is 0 Å². The van der Waals surface area contributed by atoms with Crippen LogP contribution in [-0.4, -0.2) is 21.8 Å². The van der Waals surface area contributed by atoms with Gasteiger partial charge in [0, 0.05) is 12.6 Å². The first kappa shape index (κ1) is 11.4. The van der Waals surface area contributed by atoms with Gasteiger partial charge in [-0.1, -0.05) is 13.0 Å². The van der Waals surface area contributed by atoms with Gasteiger partial charge in [-0.3, -0.25) is 14.6 Å². The number of hydrogen-bond donors (Lipinski definition) is 1. The summed E-state index contributed by atoms with van der Waals surface area (Å²) in [5.41, 5.74) is 0.534. The fraction of sp³-hybridized carbons (Fsp3) is 0.364. The molecule has 1 aromatic rings. The quantitative estimate of drug-likeness (QED) is 0.796. The first-order valence-electron chi connectivity index (χ1n) is 4.80. The van der Waals surface area contributed by atoms with Crippen LogP contribution in [0.15, 0.2) is 24.4 Å². The molecule has 4 heteroatoms. The summed E-state index contributed by atoms with van der Waals surface area (Å²) in [5, 5.41) is 8.71. The van der Waals surface area contributed by atoms with Crippen molar-refractivity contribution < 1.29 is 14.7 Å². The lowest BCUT2D eigenvalue weighted by atomic mass is 9.94. The number of pyridine rings is 1. The highest BCUT2D eigenvalue weighted by Gasteiger charge is 2.22. The summed E-state index contributed by atoms with van der Waals surface area (Å²) >= 11 is 0. The van der Waals surface area contributed by atoms with Crippen LogP contribution in [0.1, 0.15) is 31.4 Å². The Hall–Kier alpha value is -1.71. The van der Waals surface area contributed by atoms with E-state index in [1.54, 1.807) is 31.3 Å². The fourth-order valence-electron chi connectivity index (χ4n) is 1.39. The molecule has 0 aliphatic rings. The number of carboxylic acids is 1. The van der Waals surface area contributed by atoms with Crippen LogP contribution in [0, 0.1) is 0 Å². The predicted octanol–water partition coefficient (Wildman–Crippen LogP) is 1.62. The highest BCUT2D eigenvalue weighted by Crippen LogP contribution is 2.19. The fourth-order valence-corrected chi connectivity index (χ4v) is 1.39. The van der Waals surface area contributed by atoms with Crippen molar-refractivity contribution in [3.05, 3.63) is 30.1 Å². The number of hydrogen-bond acceptors (Lipinski definition) is 3. The van der Waals surface area contributed by atoms with E-state index in [4.69, 9.17) is 5.11 Å². The summed E-state index contributed by atoms with van der Waals surface area (Å²) in [7, 11) is 0. The number of carboxylic acid groups (broad SMARTS) is 1. The molecule has 1 heterocycles. The van der Waals surface area contributed by atoms with Crippen molar-refractivity contribution in [3.8, 4) is 0 Å². The average molecular weight is 207 g/mol. The van der Waals surface area contributed by atoms with Crippen molar-refractivity contribution >= 4 is 11.8 Å². The lowest BCUT2D eigenvalue weighted by Gasteiger charge is -2.11. The maximum atomic E-state index is 11.5. The second-order valence-electron chi connectivity index (χ2n) is 3.22. The van der Waals surface area contributed by atoms with Gasteiger partial charge in [0.2, 0.25) is 0 Å². The van der Waals surface area contributed by atoms with Gasteiger partial charge in [0.25, 0.3) is 0 Å². The third-order valence-corrected chi connectivity index (χ3v) is 2.16. The molecule has 1 N–H and O–H groups in total. The molecule has 1 unspecified atom stereocenters. The largest absolute Gasteiger partial charge is 0.481 e. The van der Waals surface area contributed by atoms with E-state index in [1.807, 2.05) is 0 Å². The van der Waals surface area contributed by atoms with Gasteiger partial charge in [-0.05, 0) is 12.1 Å². The molecular formula is C11H13NO3. The molecule has 0 aliphatic carbocycles. The molecule has 80 valence electrons. The highest BCUT2D eigenvalue weighted by atomic mass is 16.4. The van der Waals surface area contributed by atoms with E-state index in [0.717, 1.165) is 0 Å². The van der Waals surface area contributed by atoms with E-state index >= 15 is 0 Å². The monoisotopic (exact) mass is 207 g/mol. The van der Waals surface area contributed by atoms with Crippen LogP contribution in [0.5, 0.6) is 0 Å². The van der Waals surface area contributed by atoms with Crippen molar-refractivity contribution in [2.24, 2.45) is 0 Å². The number of carbonyl (C=O) groups is 2. The van der Waals surface area contributed by atoms with Gasteiger partial charge < -0.3 is 5.11 Å². The molecule has 0 aliphatic heterocycles. The smallest absolute Gasteiger partial charge is 0.304 e. The van der Waals surface area contributed by atoms with E-state index in [0.29, 0.717) is 12.1 Å². The number of Topliss-reactive ketones (excluding diaryl/α,β-unsaturated/α-hetero) is 1. The first-order chi connectivity index (χ1) is 7.15. The molecule has 4 nitrogen and oxygen atoms in total. The predicted molar refractivity (Wildman–Crippen MR) is 54.5 cm³/mol. The van der Waals surface area contributed by atoms with Crippen molar-refractivity contribution in [3.63, 3.8) is 0 Å². The Kier molecular flexibility index (Phi) is 3.97. The summed E-state index contributed by atoms with van der Waals surface area (Å²) in [6, 6.07) is 5.17. The van der Waals surface area contributed by atoms with Gasteiger partial charge >= 0.3 is 5.97 Å². The van der Waals surface area contributed by atoms with E-state index < -0.39 is 11.9 Å². The van der Waals surface area contributed by atoms with Crippen molar-refractivity contribution in [2.45, 2.75) is 25.7 Å². The normalized spacial score (nSPS) is 12.1. The van der Waals surface area contributed by atoms with Crippen molar-refractivity contribution in [1.29, 1.82) is 0 Å². The highest BCUT2D eigenvalue weighted by molar-refractivity contribution is 5.88. The van der Waals surface area contributed by atoms with Gasteiger partial charge in [-0.15, -0.1) is 0 Å². The minimum atomic E-state index is -0.979. The second-order valence-corrected chi connectivity index (χ2v) is 3.22. The zero-order valence-corrected chi connectivity index (χ0v) is 8.51. The van der Waals surface area contributed by atoms with Crippen molar-refractivity contribution in [1.82, 2.24) is 4.98 Å². The molecule has 0 saturated heterocycles. The minimum absolute atomic E-state index is 0.0869. The van der Waals surface area contributed by atoms with Crippen LogP contribution in [0.2, 0.25) is 0 Å². The molecule has 0 aromatic carbocycles. The van der Waals surface area contributed by atoms with Crippen LogP contribution >= 0.6 is 0 Å². The summed E-state index contributed by atoms with van der Waals surface area (Å²) < 4.78 is 0. The van der Waals surface area contributed by atoms with Crippen LogP contribution in [0.3, 0.4) is 0 Å². The lowest BCUT2D eigenvalue weighted by molar-refractivity contribution is -0.139. The third-order valence-electron chi connectivity index (χ3n) is 2.16. The molecule has 1 atom stereocenters.